The van der Waals surface area contributed by atoms with Gasteiger partial charge in [0, 0.05) is 43.5 Å². The van der Waals surface area contributed by atoms with Crippen molar-refractivity contribution in [1.82, 2.24) is 14.8 Å². The molecule has 0 aliphatic carbocycles. The molecule has 11 nitrogen and oxygen atoms in total. The molecule has 0 aromatic carbocycles. The van der Waals surface area contributed by atoms with E-state index in [2.05, 4.69) is 9.88 Å². The summed E-state index contributed by atoms with van der Waals surface area (Å²) >= 11 is 1.06. The van der Waals surface area contributed by atoms with Gasteiger partial charge in [-0.05, 0) is 44.7 Å². The van der Waals surface area contributed by atoms with Crippen molar-refractivity contribution in [3.63, 3.8) is 0 Å². The Bertz CT molecular complexity index is 1110. The molecule has 1 saturated heterocycles. The van der Waals surface area contributed by atoms with Crippen LogP contribution in [0.25, 0.3) is 0 Å². The van der Waals surface area contributed by atoms with E-state index in [0.29, 0.717) is 17.8 Å². The van der Waals surface area contributed by atoms with E-state index < -0.39 is 36.0 Å². The summed E-state index contributed by atoms with van der Waals surface area (Å²) in [6.45, 7) is 11.4. The molecular weight excluding hydrogens is 574 g/mol. The van der Waals surface area contributed by atoms with Crippen LogP contribution >= 0.6 is 11.3 Å². The van der Waals surface area contributed by atoms with E-state index in [-0.39, 0.29) is 61.3 Å². The van der Waals surface area contributed by atoms with Crippen molar-refractivity contribution >= 4 is 40.9 Å². The molecule has 242 valence electrons. The fourth-order valence-electron chi connectivity index (χ4n) is 5.52. The molecule has 1 aromatic heterocycles. The second-order valence-corrected chi connectivity index (χ2v) is 12.8. The Morgan fingerprint density at radius 2 is 1.86 bits per heavy atom. The minimum atomic E-state index is -1.20. The molecule has 0 bridgehead atoms. The van der Waals surface area contributed by atoms with Crippen molar-refractivity contribution in [1.29, 1.82) is 0 Å². The zero-order chi connectivity index (χ0) is 32.3. The number of piperidine rings is 1. The molecule has 1 unspecified atom stereocenters. The van der Waals surface area contributed by atoms with Crippen LogP contribution < -0.4 is 0 Å². The molecular formula is C31H49N3O8S. The number of rotatable bonds is 17. The molecule has 43 heavy (non-hydrogen) atoms. The first-order valence-electron chi connectivity index (χ1n) is 15.3. The van der Waals surface area contributed by atoms with Gasteiger partial charge in [0.2, 0.25) is 5.91 Å². The number of hydrogen-bond acceptors (Lipinski definition) is 10. The lowest BCUT2D eigenvalue weighted by Gasteiger charge is -2.39. The molecule has 1 amide bonds. The summed E-state index contributed by atoms with van der Waals surface area (Å²) in [7, 11) is 1.94. The molecule has 1 fully saturated rings. The van der Waals surface area contributed by atoms with Crippen molar-refractivity contribution in [3.8, 4) is 0 Å². The molecule has 1 aromatic rings. The average Bonchev–Trinajstić information content (AvgIpc) is 3.45. The summed E-state index contributed by atoms with van der Waals surface area (Å²) in [5.41, 5.74) is -0.164. The maximum atomic E-state index is 14.5. The van der Waals surface area contributed by atoms with E-state index in [1.54, 1.807) is 0 Å². The summed E-state index contributed by atoms with van der Waals surface area (Å²) in [6, 6.07) is -0.811. The Morgan fingerprint density at radius 1 is 1.16 bits per heavy atom. The van der Waals surface area contributed by atoms with Gasteiger partial charge in [0.05, 0.1) is 6.04 Å². The third kappa shape index (κ3) is 10.7. The highest BCUT2D eigenvalue weighted by atomic mass is 32.1. The van der Waals surface area contributed by atoms with Crippen molar-refractivity contribution in [3.05, 3.63) is 16.1 Å². The van der Waals surface area contributed by atoms with Crippen LogP contribution in [-0.4, -0.2) is 81.9 Å². The van der Waals surface area contributed by atoms with Crippen LogP contribution in [0.4, 0.5) is 0 Å². The number of esters is 2. The Labute approximate surface area is 259 Å². The maximum absolute atomic E-state index is 14.5. The van der Waals surface area contributed by atoms with Crippen molar-refractivity contribution in [2.45, 2.75) is 111 Å². The normalized spacial score (nSPS) is 18.4. The summed E-state index contributed by atoms with van der Waals surface area (Å²) in [5.74, 6) is -3.41. The molecule has 2 heterocycles. The quantitative estimate of drug-likeness (QED) is 0.184. The van der Waals surface area contributed by atoms with Crippen molar-refractivity contribution in [2.24, 2.45) is 17.8 Å². The SMILES string of the molecule is CCCC(=O)OCN(C(=O)[C@H](CC(=O)C1CCCCN1C)[C@@H](C)CC)[C@H](C[C@@H](OC(C)=O)c1nc(C(=O)O)cs1)C(C)C. The number of carbonyl (C=O) groups excluding carboxylic acids is 4. The first kappa shape index (κ1) is 36.3. The van der Waals surface area contributed by atoms with Gasteiger partial charge in [0.15, 0.2) is 24.3 Å². The fraction of sp³-hybridized carbons (Fsp3) is 0.742. The number of likely N-dealkylation sites (N-methyl/N-ethyl adjacent to an activating group) is 1. The molecule has 0 saturated carbocycles. The smallest absolute Gasteiger partial charge is 0.355 e. The summed E-state index contributed by atoms with van der Waals surface area (Å²) < 4.78 is 11.2. The second kappa shape index (κ2) is 17.4. The molecule has 0 radical (unpaired) electrons. The highest BCUT2D eigenvalue weighted by molar-refractivity contribution is 7.09. The largest absolute Gasteiger partial charge is 0.476 e. The van der Waals surface area contributed by atoms with Crippen LogP contribution in [0.1, 0.15) is 115 Å². The Kier molecular flexibility index (Phi) is 14.7. The lowest BCUT2D eigenvalue weighted by atomic mass is 9.82. The van der Waals surface area contributed by atoms with Gasteiger partial charge in [-0.15, -0.1) is 11.3 Å². The number of carboxylic acid groups (broad SMARTS) is 1. The van der Waals surface area contributed by atoms with E-state index in [1.807, 2.05) is 41.7 Å². The molecule has 1 aliphatic rings. The number of nitrogens with zero attached hydrogens (tertiary/aromatic N) is 3. The number of hydrogen-bond donors (Lipinski definition) is 1. The average molecular weight is 624 g/mol. The number of carboxylic acids is 1. The topological polar surface area (TPSA) is 143 Å². The number of carbonyl (C=O) groups is 5. The standard InChI is InChI=1S/C31H49N3O8S/c1-8-12-28(37)41-18-34(30(38)22(20(5)9-2)15-26(36)24-13-10-11-14-33(24)7)25(19(3)4)16-27(42-21(6)35)29-32-23(17-43-29)31(39)40/h17,19-20,22,24-25,27H,8-16,18H2,1-7H3,(H,39,40)/t20-,22+,24?,25+,27+/m0/s1. The van der Waals surface area contributed by atoms with Crippen LogP contribution in [0.5, 0.6) is 0 Å². The minimum absolute atomic E-state index is 0.0339. The van der Waals surface area contributed by atoms with Gasteiger partial charge in [-0.25, -0.2) is 9.78 Å². The predicted octanol–water partition coefficient (Wildman–Crippen LogP) is 5.10. The molecule has 0 spiro atoms. The number of likely N-dealkylation sites (tertiary alicyclic amines) is 1. The Morgan fingerprint density at radius 3 is 2.40 bits per heavy atom. The zero-order valence-corrected chi connectivity index (χ0v) is 27.5. The van der Waals surface area contributed by atoms with Crippen LogP contribution in [0.2, 0.25) is 0 Å². The first-order chi connectivity index (χ1) is 20.3. The number of Topliss-reactive ketones (excluding diaryl/α,β-unsaturated/α-hetero) is 1. The maximum Gasteiger partial charge on any atom is 0.355 e. The van der Waals surface area contributed by atoms with Gasteiger partial charge in [-0.2, -0.15) is 0 Å². The highest BCUT2D eigenvalue weighted by Crippen LogP contribution is 2.33. The first-order valence-corrected chi connectivity index (χ1v) is 16.2. The number of ketones is 1. The van der Waals surface area contributed by atoms with Crippen molar-refractivity contribution < 1.29 is 38.6 Å². The summed E-state index contributed by atoms with van der Waals surface area (Å²) in [5, 5.41) is 11.1. The molecule has 5 atom stereocenters. The molecule has 1 aliphatic heterocycles. The van der Waals surface area contributed by atoms with Gasteiger partial charge in [-0.1, -0.05) is 47.5 Å². The number of aromatic nitrogens is 1. The second-order valence-electron chi connectivity index (χ2n) is 11.9. The van der Waals surface area contributed by atoms with E-state index in [1.165, 1.54) is 17.2 Å². The van der Waals surface area contributed by atoms with E-state index in [4.69, 9.17) is 9.47 Å². The van der Waals surface area contributed by atoms with Crippen LogP contribution in [0, 0.1) is 17.8 Å². The van der Waals surface area contributed by atoms with Gasteiger partial charge < -0.3 is 19.5 Å². The van der Waals surface area contributed by atoms with Crippen LogP contribution in [-0.2, 0) is 28.7 Å². The lowest BCUT2D eigenvalue weighted by molar-refractivity contribution is -0.161. The monoisotopic (exact) mass is 623 g/mol. The Hall–Kier alpha value is -2.86. The predicted molar refractivity (Wildman–Crippen MR) is 162 cm³/mol. The van der Waals surface area contributed by atoms with Gasteiger partial charge >= 0.3 is 17.9 Å². The van der Waals surface area contributed by atoms with Gasteiger partial charge in [0.1, 0.15) is 5.01 Å². The lowest BCUT2D eigenvalue weighted by Crippen LogP contribution is -2.50. The van der Waals surface area contributed by atoms with Crippen LogP contribution in [0.15, 0.2) is 5.38 Å². The fourth-order valence-corrected chi connectivity index (χ4v) is 6.35. The number of aromatic carboxylic acids is 1. The third-order valence-electron chi connectivity index (χ3n) is 8.26. The minimum Gasteiger partial charge on any atom is -0.476 e. The number of amides is 1. The van der Waals surface area contributed by atoms with Crippen molar-refractivity contribution in [2.75, 3.05) is 20.3 Å². The molecule has 1 N–H and O–H groups in total. The van der Waals surface area contributed by atoms with E-state index in [0.717, 1.165) is 37.1 Å². The highest BCUT2D eigenvalue weighted by Gasteiger charge is 2.39. The molecule has 12 heteroatoms. The summed E-state index contributed by atoms with van der Waals surface area (Å²) in [4.78, 5) is 71.8. The number of thiazole rings is 1. The van der Waals surface area contributed by atoms with Gasteiger partial charge in [0.25, 0.3) is 0 Å². The number of ether oxygens (including phenoxy) is 2. The zero-order valence-electron chi connectivity index (χ0n) is 26.7. The van der Waals surface area contributed by atoms with Gasteiger partial charge in [-0.3, -0.25) is 24.1 Å². The van der Waals surface area contributed by atoms with E-state index in [9.17, 15) is 29.1 Å². The van der Waals surface area contributed by atoms with Crippen LogP contribution in [0.3, 0.4) is 0 Å². The third-order valence-corrected chi connectivity index (χ3v) is 9.20. The molecule has 2 rings (SSSR count). The summed E-state index contributed by atoms with van der Waals surface area (Å²) in [6.07, 6.45) is 3.49. The van der Waals surface area contributed by atoms with E-state index >= 15 is 0 Å². The Balaban J connectivity index is 2.48.